The summed E-state index contributed by atoms with van der Waals surface area (Å²) in [6, 6.07) is 12.2. The van der Waals surface area contributed by atoms with Crippen molar-refractivity contribution >= 4 is 44.9 Å². The molecule has 0 saturated carbocycles. The third kappa shape index (κ3) is 6.76. The molecule has 0 aliphatic carbocycles. The van der Waals surface area contributed by atoms with Crippen molar-refractivity contribution in [1.82, 2.24) is 0 Å². The number of carbonyl (C=O) groups is 2. The van der Waals surface area contributed by atoms with Crippen molar-refractivity contribution < 1.29 is 37.0 Å². The molecule has 2 aromatic carbocycles. The first-order valence-electron chi connectivity index (χ1n) is 10.3. The number of nitrogens with one attached hydrogen (secondary N) is 1. The van der Waals surface area contributed by atoms with Gasteiger partial charge in [0, 0.05) is 12.2 Å². The van der Waals surface area contributed by atoms with Crippen LogP contribution in [0.15, 0.2) is 53.0 Å². The van der Waals surface area contributed by atoms with Gasteiger partial charge < -0.3 is 19.5 Å². The van der Waals surface area contributed by atoms with Crippen LogP contribution in [0, 0.1) is 0 Å². The van der Waals surface area contributed by atoms with Crippen LogP contribution in [-0.4, -0.2) is 32.3 Å². The van der Waals surface area contributed by atoms with Gasteiger partial charge in [-0.25, -0.2) is 9.59 Å². The predicted octanol–water partition coefficient (Wildman–Crippen LogP) is 6.54. The van der Waals surface area contributed by atoms with Crippen molar-refractivity contribution in [3.63, 3.8) is 0 Å². The third-order valence-corrected chi connectivity index (χ3v) is 6.91. The highest BCUT2D eigenvalue weighted by Gasteiger charge is 2.30. The fourth-order valence-electron chi connectivity index (χ4n) is 3.10. The second-order valence-corrected chi connectivity index (χ2v) is 8.93. The van der Waals surface area contributed by atoms with Gasteiger partial charge in [-0.2, -0.15) is 13.2 Å². The highest BCUT2D eigenvalue weighted by molar-refractivity contribution is 9.10. The Labute approximate surface area is 212 Å². The molecule has 35 heavy (non-hydrogen) atoms. The number of hydrogen-bond acceptors (Lipinski definition) is 7. The van der Waals surface area contributed by atoms with Gasteiger partial charge >= 0.3 is 18.1 Å². The number of alkyl halides is 3. The van der Waals surface area contributed by atoms with Crippen molar-refractivity contribution in [3.05, 3.63) is 69.0 Å². The molecule has 11 heteroatoms. The molecule has 1 aromatic heterocycles. The Morgan fingerprint density at radius 3 is 2.54 bits per heavy atom. The van der Waals surface area contributed by atoms with Gasteiger partial charge in [-0.05, 0) is 58.2 Å². The summed E-state index contributed by atoms with van der Waals surface area (Å²) >= 11 is 4.56. The average molecular weight is 572 g/mol. The van der Waals surface area contributed by atoms with E-state index in [1.807, 2.05) is 6.07 Å². The average Bonchev–Trinajstić information content (AvgIpc) is 3.17. The number of ether oxygens (including phenoxy) is 3. The molecule has 0 unspecified atom stereocenters. The van der Waals surface area contributed by atoms with E-state index in [9.17, 15) is 22.8 Å². The number of hydrogen-bond donors (Lipinski definition) is 1. The molecule has 3 rings (SSSR count). The topological polar surface area (TPSA) is 73.9 Å². The van der Waals surface area contributed by atoms with Crippen LogP contribution >= 0.6 is 27.3 Å². The van der Waals surface area contributed by atoms with Crippen LogP contribution in [0.2, 0.25) is 0 Å². The Hall–Kier alpha value is -3.05. The fraction of sp³-hybridized carbons (Fsp3) is 0.250. The van der Waals surface area contributed by atoms with Crippen molar-refractivity contribution in [3.8, 4) is 16.2 Å². The van der Waals surface area contributed by atoms with Crippen molar-refractivity contribution in [2.75, 3.05) is 25.6 Å². The minimum Gasteiger partial charge on any atom is -0.479 e. The summed E-state index contributed by atoms with van der Waals surface area (Å²) in [5, 5.41) is 3.12. The summed E-state index contributed by atoms with van der Waals surface area (Å²) in [5.41, 5.74) is 1.14. The Kier molecular flexibility index (Phi) is 8.79. The van der Waals surface area contributed by atoms with Crippen LogP contribution < -0.4 is 10.1 Å². The van der Waals surface area contributed by atoms with Gasteiger partial charge in [0.2, 0.25) is 0 Å². The predicted molar refractivity (Wildman–Crippen MR) is 130 cm³/mol. The number of halogens is 4. The molecular weight excluding hydrogens is 551 g/mol. The van der Waals surface area contributed by atoms with E-state index in [4.69, 9.17) is 14.2 Å². The van der Waals surface area contributed by atoms with E-state index in [1.165, 1.54) is 13.2 Å². The minimum absolute atomic E-state index is 0.159. The number of carbonyl (C=O) groups excluding carboxylic acids is 2. The molecule has 0 atom stereocenters. The number of thiophene rings is 1. The molecule has 0 saturated heterocycles. The van der Waals surface area contributed by atoms with E-state index in [0.29, 0.717) is 26.2 Å². The molecule has 0 amide bonds. The van der Waals surface area contributed by atoms with Crippen LogP contribution in [0.5, 0.6) is 5.75 Å². The Morgan fingerprint density at radius 2 is 1.86 bits per heavy atom. The van der Waals surface area contributed by atoms with Gasteiger partial charge in [0.15, 0.2) is 17.2 Å². The highest BCUT2D eigenvalue weighted by atomic mass is 79.9. The molecule has 0 bridgehead atoms. The van der Waals surface area contributed by atoms with Gasteiger partial charge in [-0.15, -0.1) is 11.3 Å². The number of methoxy groups -OCH3 is 1. The largest absolute Gasteiger partial charge is 0.479 e. The highest BCUT2D eigenvalue weighted by Crippen LogP contribution is 2.46. The van der Waals surface area contributed by atoms with Crippen LogP contribution in [0.4, 0.5) is 18.9 Å². The molecule has 0 aliphatic heterocycles. The van der Waals surface area contributed by atoms with Gasteiger partial charge in [0.05, 0.1) is 28.6 Å². The smallest absolute Gasteiger partial charge is 0.416 e. The maximum absolute atomic E-state index is 13.0. The van der Waals surface area contributed by atoms with Crippen molar-refractivity contribution in [1.29, 1.82) is 0 Å². The zero-order valence-corrected chi connectivity index (χ0v) is 21.1. The number of esters is 2. The van der Waals surface area contributed by atoms with E-state index in [-0.39, 0.29) is 30.4 Å². The maximum Gasteiger partial charge on any atom is 0.416 e. The first kappa shape index (κ1) is 26.6. The molecule has 186 valence electrons. The molecule has 0 aliphatic rings. The zero-order chi connectivity index (χ0) is 25.6. The van der Waals surface area contributed by atoms with Gasteiger partial charge in [-0.1, -0.05) is 24.3 Å². The minimum atomic E-state index is -4.41. The third-order valence-electron chi connectivity index (χ3n) is 4.70. The fourth-order valence-corrected chi connectivity index (χ4v) is 5.07. The van der Waals surface area contributed by atoms with E-state index in [0.717, 1.165) is 23.5 Å². The lowest BCUT2D eigenvalue weighted by molar-refractivity contribution is -0.145. The van der Waals surface area contributed by atoms with Gasteiger partial charge in [0.1, 0.15) is 0 Å². The van der Waals surface area contributed by atoms with Crippen LogP contribution in [-0.2, 0) is 27.0 Å². The summed E-state index contributed by atoms with van der Waals surface area (Å²) in [7, 11) is 1.24. The molecule has 1 heterocycles. The lowest BCUT2D eigenvalue weighted by atomic mass is 10.1. The molecule has 6 nitrogen and oxygen atoms in total. The summed E-state index contributed by atoms with van der Waals surface area (Å²) in [6.07, 6.45) is -4.41. The van der Waals surface area contributed by atoms with Crippen molar-refractivity contribution in [2.24, 2.45) is 0 Å². The van der Waals surface area contributed by atoms with E-state index in [2.05, 4.69) is 21.2 Å². The summed E-state index contributed by atoms with van der Waals surface area (Å²) in [5.74, 6) is -1.05. The molecule has 3 aromatic rings. The number of benzene rings is 2. The van der Waals surface area contributed by atoms with E-state index < -0.39 is 23.7 Å². The monoisotopic (exact) mass is 571 g/mol. The second-order valence-electron chi connectivity index (χ2n) is 7.12. The molecule has 0 fully saturated rings. The maximum atomic E-state index is 13.0. The molecular formula is C24H21BrF3NO5S. The van der Waals surface area contributed by atoms with Gasteiger partial charge in [-0.3, -0.25) is 0 Å². The number of rotatable bonds is 9. The summed E-state index contributed by atoms with van der Waals surface area (Å²) in [6.45, 7) is 1.67. The van der Waals surface area contributed by atoms with Crippen LogP contribution in [0.1, 0.15) is 27.7 Å². The zero-order valence-electron chi connectivity index (χ0n) is 18.7. The Morgan fingerprint density at radius 1 is 1.11 bits per heavy atom. The summed E-state index contributed by atoms with van der Waals surface area (Å²) < 4.78 is 54.6. The van der Waals surface area contributed by atoms with Crippen molar-refractivity contribution in [2.45, 2.75) is 19.6 Å². The lowest BCUT2D eigenvalue weighted by Gasteiger charge is -2.11. The standard InChI is InChI=1S/C24H21BrF3NO5S/c1-3-33-18(30)13-34-20-19(25)21(35-22(20)23(31)32-2)15-7-5-9-17(11-15)29-12-14-6-4-8-16(10-14)24(26,27)28/h4-11,29H,3,12-13H2,1-2H3. The first-order valence-corrected chi connectivity index (χ1v) is 11.9. The molecule has 0 spiro atoms. The second kappa shape index (κ2) is 11.6. The summed E-state index contributed by atoms with van der Waals surface area (Å²) in [4.78, 5) is 24.8. The number of anilines is 1. The van der Waals surface area contributed by atoms with Gasteiger partial charge in [0.25, 0.3) is 0 Å². The van der Waals surface area contributed by atoms with E-state index >= 15 is 0 Å². The van der Waals surface area contributed by atoms with Crippen LogP contribution in [0.3, 0.4) is 0 Å². The molecule has 0 radical (unpaired) electrons. The van der Waals surface area contributed by atoms with E-state index in [1.54, 1.807) is 31.2 Å². The first-order chi connectivity index (χ1) is 16.6. The SMILES string of the molecule is CCOC(=O)COc1c(C(=O)OC)sc(-c2cccc(NCc3cccc(C(F)(F)F)c3)c2)c1Br. The molecule has 1 N–H and O–H groups in total. The quantitative estimate of drug-likeness (QED) is 0.294. The van der Waals surface area contributed by atoms with Crippen LogP contribution in [0.25, 0.3) is 10.4 Å². The Balaban J connectivity index is 1.84. The Bertz CT molecular complexity index is 1210. The normalized spacial score (nSPS) is 11.1. The lowest BCUT2D eigenvalue weighted by Crippen LogP contribution is -2.15.